The highest BCUT2D eigenvalue weighted by atomic mass is 16.4. The summed E-state index contributed by atoms with van der Waals surface area (Å²) in [4.78, 5) is 8.33. The van der Waals surface area contributed by atoms with E-state index in [0.29, 0.717) is 35.5 Å². The molecule has 3 aromatic heterocycles. The molecule has 3 aromatic rings. The molecule has 0 amide bonds. The topological polar surface area (TPSA) is 81.7 Å². The first kappa shape index (κ1) is 21.4. The van der Waals surface area contributed by atoms with Crippen molar-refractivity contribution in [3.63, 3.8) is 0 Å². The van der Waals surface area contributed by atoms with Gasteiger partial charge in [0.15, 0.2) is 0 Å². The van der Waals surface area contributed by atoms with Crippen molar-refractivity contribution >= 4 is 0 Å². The molecule has 0 saturated heterocycles. The minimum absolute atomic E-state index is 0.432. The van der Waals surface area contributed by atoms with Crippen LogP contribution in [-0.4, -0.2) is 31.3 Å². The average molecular weight is 421 g/mol. The third kappa shape index (κ3) is 5.10. The molecule has 0 radical (unpaired) electrons. The second-order valence-corrected chi connectivity index (χ2v) is 9.00. The number of aromatic nitrogens is 5. The summed E-state index contributed by atoms with van der Waals surface area (Å²) in [5.41, 5.74) is 3.48. The zero-order valence-electron chi connectivity index (χ0n) is 18.8. The van der Waals surface area contributed by atoms with Crippen LogP contribution in [0.4, 0.5) is 0 Å². The average Bonchev–Trinajstić information content (AvgIpc) is 3.39. The summed E-state index contributed by atoms with van der Waals surface area (Å²) < 4.78 is 7.86. The van der Waals surface area contributed by atoms with Gasteiger partial charge in [-0.15, -0.1) is 10.2 Å². The molecule has 1 N–H and O–H groups in total. The van der Waals surface area contributed by atoms with Crippen LogP contribution < -0.4 is 5.32 Å². The van der Waals surface area contributed by atoms with Crippen LogP contribution in [0, 0.1) is 23.7 Å². The van der Waals surface area contributed by atoms with Gasteiger partial charge in [-0.1, -0.05) is 31.6 Å². The number of rotatable bonds is 8. The number of imidazole rings is 1. The van der Waals surface area contributed by atoms with Gasteiger partial charge in [0.05, 0.1) is 12.5 Å². The Kier molecular flexibility index (Phi) is 6.61. The van der Waals surface area contributed by atoms with Crippen molar-refractivity contribution in [2.45, 2.75) is 40.2 Å². The third-order valence-electron chi connectivity index (χ3n) is 6.44. The molecule has 1 aliphatic rings. The number of pyridine rings is 1. The van der Waals surface area contributed by atoms with Crippen molar-refractivity contribution in [3.8, 4) is 11.6 Å². The Labute approximate surface area is 184 Å². The van der Waals surface area contributed by atoms with E-state index in [0.717, 1.165) is 31.6 Å². The van der Waals surface area contributed by atoms with Gasteiger partial charge >= 0.3 is 0 Å². The van der Waals surface area contributed by atoms with Crippen LogP contribution in [0.25, 0.3) is 11.6 Å². The molecule has 7 heteroatoms. The van der Waals surface area contributed by atoms with Crippen molar-refractivity contribution in [2.75, 3.05) is 6.54 Å². The van der Waals surface area contributed by atoms with E-state index in [1.807, 2.05) is 30.1 Å². The molecule has 0 bridgehead atoms. The Morgan fingerprint density at radius 1 is 1.23 bits per heavy atom. The van der Waals surface area contributed by atoms with Crippen LogP contribution in [0.2, 0.25) is 0 Å². The van der Waals surface area contributed by atoms with E-state index in [-0.39, 0.29) is 0 Å². The smallest absolute Gasteiger partial charge is 0.265 e. The molecule has 3 heterocycles. The van der Waals surface area contributed by atoms with Crippen molar-refractivity contribution in [2.24, 2.45) is 30.7 Å². The fourth-order valence-electron chi connectivity index (χ4n) is 4.61. The second kappa shape index (κ2) is 9.56. The zero-order valence-corrected chi connectivity index (χ0v) is 18.8. The fourth-order valence-corrected chi connectivity index (χ4v) is 4.61. The van der Waals surface area contributed by atoms with Crippen LogP contribution in [-0.2, 0) is 20.0 Å². The number of aryl methyl sites for hydroxylation is 1. The van der Waals surface area contributed by atoms with Gasteiger partial charge in [0.2, 0.25) is 5.89 Å². The largest absolute Gasteiger partial charge is 0.419 e. The minimum Gasteiger partial charge on any atom is -0.419 e. The maximum Gasteiger partial charge on any atom is 0.265 e. The Morgan fingerprint density at radius 2 is 2.10 bits per heavy atom. The summed E-state index contributed by atoms with van der Waals surface area (Å²) in [6, 6.07) is 4.10. The van der Waals surface area contributed by atoms with Crippen molar-refractivity contribution in [1.82, 2.24) is 30.0 Å². The summed E-state index contributed by atoms with van der Waals surface area (Å²) >= 11 is 0. The van der Waals surface area contributed by atoms with Gasteiger partial charge in [0.25, 0.3) is 5.89 Å². The molecule has 0 aromatic carbocycles. The molecule has 3 atom stereocenters. The van der Waals surface area contributed by atoms with Crippen molar-refractivity contribution in [1.29, 1.82) is 0 Å². The van der Waals surface area contributed by atoms with Crippen LogP contribution in [0.5, 0.6) is 0 Å². The summed E-state index contributed by atoms with van der Waals surface area (Å²) in [6.45, 7) is 8.74. The molecule has 0 spiro atoms. The highest BCUT2D eigenvalue weighted by Crippen LogP contribution is 2.38. The number of allylic oxidation sites excluding steroid dienone is 1. The van der Waals surface area contributed by atoms with Crippen molar-refractivity contribution < 1.29 is 4.42 Å². The molecule has 7 nitrogen and oxygen atoms in total. The minimum atomic E-state index is 0.432. The first-order valence-corrected chi connectivity index (χ1v) is 11.1. The maximum atomic E-state index is 5.97. The van der Waals surface area contributed by atoms with E-state index in [1.165, 1.54) is 11.1 Å². The molecular formula is C24H32N6O. The lowest BCUT2D eigenvalue weighted by molar-refractivity contribution is 0.218. The van der Waals surface area contributed by atoms with Gasteiger partial charge in [0.1, 0.15) is 5.69 Å². The van der Waals surface area contributed by atoms with Gasteiger partial charge < -0.3 is 14.3 Å². The molecule has 1 aliphatic carbocycles. The lowest BCUT2D eigenvalue weighted by atomic mass is 9.70. The van der Waals surface area contributed by atoms with E-state index in [9.17, 15) is 0 Å². The zero-order chi connectivity index (χ0) is 21.8. The Morgan fingerprint density at radius 3 is 2.81 bits per heavy atom. The Balaban J connectivity index is 1.41. The summed E-state index contributed by atoms with van der Waals surface area (Å²) in [6.07, 6.45) is 11.6. The number of hydrogen-bond donors (Lipinski definition) is 1. The molecule has 3 unspecified atom stereocenters. The van der Waals surface area contributed by atoms with E-state index in [2.05, 4.69) is 58.4 Å². The normalized spacial score (nSPS) is 21.5. The summed E-state index contributed by atoms with van der Waals surface area (Å²) in [5, 5.41) is 12.2. The highest BCUT2D eigenvalue weighted by molar-refractivity contribution is 5.44. The maximum absolute atomic E-state index is 5.97. The first-order chi connectivity index (χ1) is 15.0. The number of nitrogens with zero attached hydrogens (tertiary/aromatic N) is 5. The number of hydrogen-bond acceptors (Lipinski definition) is 6. The summed E-state index contributed by atoms with van der Waals surface area (Å²) in [5.74, 6) is 3.43. The van der Waals surface area contributed by atoms with Crippen LogP contribution in [0.3, 0.4) is 0 Å². The van der Waals surface area contributed by atoms with Gasteiger partial charge in [-0.05, 0) is 48.6 Å². The quantitative estimate of drug-likeness (QED) is 0.554. The third-order valence-corrected chi connectivity index (χ3v) is 6.44. The second-order valence-electron chi connectivity index (χ2n) is 9.00. The Bertz CT molecular complexity index is 1010. The highest BCUT2D eigenvalue weighted by Gasteiger charge is 2.32. The monoisotopic (exact) mass is 420 g/mol. The fraction of sp³-hybridized carbons (Fsp3) is 0.500. The molecular weight excluding hydrogens is 388 g/mol. The van der Waals surface area contributed by atoms with Crippen LogP contribution in [0.1, 0.15) is 38.6 Å². The van der Waals surface area contributed by atoms with Crippen LogP contribution >= 0.6 is 0 Å². The molecule has 0 saturated carbocycles. The van der Waals surface area contributed by atoms with E-state index >= 15 is 0 Å². The Hall–Kier alpha value is -2.80. The van der Waals surface area contributed by atoms with Gasteiger partial charge in [-0.25, -0.2) is 4.98 Å². The first-order valence-electron chi connectivity index (χ1n) is 11.1. The van der Waals surface area contributed by atoms with E-state index in [4.69, 9.17) is 4.42 Å². The van der Waals surface area contributed by atoms with Gasteiger partial charge in [0, 0.05) is 39.0 Å². The predicted octanol–water partition coefficient (Wildman–Crippen LogP) is 4.05. The molecule has 4 rings (SSSR count). The van der Waals surface area contributed by atoms with Gasteiger partial charge in [-0.2, -0.15) is 0 Å². The van der Waals surface area contributed by atoms with E-state index in [1.54, 1.807) is 12.5 Å². The summed E-state index contributed by atoms with van der Waals surface area (Å²) in [7, 11) is 1.93. The lowest BCUT2D eigenvalue weighted by Crippen LogP contribution is -2.34. The molecule has 0 aliphatic heterocycles. The van der Waals surface area contributed by atoms with E-state index < -0.39 is 0 Å². The molecule has 31 heavy (non-hydrogen) atoms. The lowest BCUT2D eigenvalue weighted by Gasteiger charge is -2.37. The molecule has 164 valence electrons. The van der Waals surface area contributed by atoms with Crippen molar-refractivity contribution in [3.05, 3.63) is 60.2 Å². The number of nitrogens with one attached hydrogen (secondary N) is 1. The van der Waals surface area contributed by atoms with Crippen LogP contribution in [0.15, 0.2) is 53.1 Å². The molecule has 0 fully saturated rings. The standard InChI is InChI=1S/C24H32N6O/c1-16(2)21-9-19(10-23-28-29-24(31-23)22-14-27-15-30(22)4)17(3)8-20(21)13-26-12-18-6-5-7-25-11-18/h5-8,11,14-16,19-21,26H,9-10,12-13H2,1-4H3. The van der Waals surface area contributed by atoms with Gasteiger partial charge in [-0.3, -0.25) is 4.98 Å². The SMILES string of the molecule is CC1=CC(CNCc2cccnc2)C(C(C)C)CC1Cc1nnc(-c2cncn2C)o1. The predicted molar refractivity (Wildman–Crippen MR) is 120 cm³/mol.